The van der Waals surface area contributed by atoms with Gasteiger partial charge in [-0.2, -0.15) is 0 Å². The monoisotopic (exact) mass is 381 g/mol. The summed E-state index contributed by atoms with van der Waals surface area (Å²) in [5, 5.41) is 0. The molecule has 0 fully saturated rings. The lowest BCUT2D eigenvalue weighted by Crippen LogP contribution is -2.08. The van der Waals surface area contributed by atoms with Crippen LogP contribution in [0.1, 0.15) is 41.8 Å². The van der Waals surface area contributed by atoms with Crippen LogP contribution in [0.3, 0.4) is 0 Å². The van der Waals surface area contributed by atoms with Gasteiger partial charge in [-0.05, 0) is 60.7 Å². The van der Waals surface area contributed by atoms with E-state index in [4.69, 9.17) is 4.42 Å². The highest BCUT2D eigenvalue weighted by atomic mass is 16.3. The van der Waals surface area contributed by atoms with Gasteiger partial charge in [0.2, 0.25) is 0 Å². The Morgan fingerprint density at radius 1 is 1.17 bits per heavy atom. The normalized spacial score (nSPS) is 17.0. The fraction of sp³-hybridized carbons (Fsp3) is 0.222. The van der Waals surface area contributed by atoms with Gasteiger partial charge in [0.1, 0.15) is 11.5 Å². The van der Waals surface area contributed by atoms with Crippen molar-refractivity contribution in [3.63, 3.8) is 0 Å². The molecule has 2 aromatic heterocycles. The van der Waals surface area contributed by atoms with E-state index in [1.807, 2.05) is 12.1 Å². The van der Waals surface area contributed by atoms with Crippen molar-refractivity contribution in [1.29, 1.82) is 0 Å². The van der Waals surface area contributed by atoms with Crippen molar-refractivity contribution in [2.24, 2.45) is 5.92 Å². The quantitative estimate of drug-likeness (QED) is 0.453. The molecule has 2 nitrogen and oxygen atoms in total. The Kier molecular flexibility index (Phi) is 5.62. The number of rotatable bonds is 6. The molecule has 0 radical (unpaired) electrons. The van der Waals surface area contributed by atoms with Crippen LogP contribution in [-0.2, 0) is 6.42 Å². The van der Waals surface area contributed by atoms with Crippen LogP contribution in [0.4, 0.5) is 0 Å². The summed E-state index contributed by atoms with van der Waals surface area (Å²) >= 11 is 0. The summed E-state index contributed by atoms with van der Waals surface area (Å²) in [6.45, 7) is 8.19. The fourth-order valence-corrected chi connectivity index (χ4v) is 3.79. The Bertz CT molecular complexity index is 1050. The molecular formula is C27H27NO. The Labute approximate surface area is 173 Å². The summed E-state index contributed by atoms with van der Waals surface area (Å²) in [6, 6.07) is 17.0. The van der Waals surface area contributed by atoms with Gasteiger partial charge < -0.3 is 4.42 Å². The van der Waals surface area contributed by atoms with Crippen molar-refractivity contribution < 1.29 is 4.42 Å². The van der Waals surface area contributed by atoms with Crippen LogP contribution in [0.5, 0.6) is 0 Å². The van der Waals surface area contributed by atoms with E-state index in [9.17, 15) is 0 Å². The highest BCUT2D eigenvalue weighted by Gasteiger charge is 2.20. The number of aromatic nitrogens is 1. The lowest BCUT2D eigenvalue weighted by molar-refractivity contribution is 0.508. The van der Waals surface area contributed by atoms with E-state index in [1.165, 1.54) is 16.7 Å². The number of aryl methyl sites for hydroxylation is 1. The average Bonchev–Trinajstić information content (AvgIpc) is 3.22. The molecule has 0 aliphatic heterocycles. The van der Waals surface area contributed by atoms with Crippen molar-refractivity contribution >= 4 is 6.08 Å². The first-order chi connectivity index (χ1) is 14.1. The third-order valence-electron chi connectivity index (χ3n) is 5.57. The van der Waals surface area contributed by atoms with E-state index < -0.39 is 0 Å². The second kappa shape index (κ2) is 8.48. The maximum Gasteiger partial charge on any atom is 0.134 e. The first kappa shape index (κ1) is 19.2. The minimum absolute atomic E-state index is 0.291. The zero-order chi connectivity index (χ0) is 20.2. The minimum Gasteiger partial charge on any atom is -0.461 e. The van der Waals surface area contributed by atoms with Crippen LogP contribution < -0.4 is 0 Å². The molecule has 2 atom stereocenters. The molecule has 4 rings (SSSR count). The molecule has 0 saturated heterocycles. The number of nitrogens with zero attached hydrogens (tertiary/aromatic N) is 1. The van der Waals surface area contributed by atoms with Crippen LogP contribution in [0.25, 0.3) is 17.4 Å². The Morgan fingerprint density at radius 2 is 2.00 bits per heavy atom. The van der Waals surface area contributed by atoms with Crippen LogP contribution in [-0.4, -0.2) is 4.98 Å². The standard InChI is InChI=1S/C27H27NO/c1-4-24-17-23(15-16-28-24)27-14-13-25(29-27)18-26(21-9-5-19(2)6-10-21)22-11-7-20(3)8-12-22/h4-7,9-17,20,26H,1,8,18H2,2-3H3. The van der Waals surface area contributed by atoms with Crippen LogP contribution in [0.15, 0.2) is 89.5 Å². The number of hydrogen-bond donors (Lipinski definition) is 0. The first-order valence-corrected chi connectivity index (χ1v) is 10.2. The maximum atomic E-state index is 6.24. The van der Waals surface area contributed by atoms with Gasteiger partial charge in [0.05, 0.1) is 5.69 Å². The van der Waals surface area contributed by atoms with E-state index in [-0.39, 0.29) is 0 Å². The van der Waals surface area contributed by atoms with Crippen molar-refractivity contribution in [3.8, 4) is 11.3 Å². The lowest BCUT2D eigenvalue weighted by Gasteiger charge is -2.22. The zero-order valence-corrected chi connectivity index (χ0v) is 17.1. The Balaban J connectivity index is 1.63. The number of pyridine rings is 1. The van der Waals surface area contributed by atoms with Crippen molar-refractivity contribution in [2.45, 2.75) is 32.6 Å². The topological polar surface area (TPSA) is 26.0 Å². The average molecular weight is 382 g/mol. The summed E-state index contributed by atoms with van der Waals surface area (Å²) < 4.78 is 6.24. The number of allylic oxidation sites excluding steroid dienone is 4. The molecule has 0 bridgehead atoms. The van der Waals surface area contributed by atoms with E-state index in [2.05, 4.69) is 80.0 Å². The lowest BCUT2D eigenvalue weighted by atomic mass is 9.83. The van der Waals surface area contributed by atoms with Gasteiger partial charge in [0.15, 0.2) is 0 Å². The highest BCUT2D eigenvalue weighted by molar-refractivity contribution is 5.61. The predicted molar refractivity (Wildman–Crippen MR) is 121 cm³/mol. The second-order valence-corrected chi connectivity index (χ2v) is 7.88. The van der Waals surface area contributed by atoms with Crippen LogP contribution in [0, 0.1) is 12.8 Å². The molecule has 0 saturated carbocycles. The largest absolute Gasteiger partial charge is 0.461 e. The minimum atomic E-state index is 0.291. The van der Waals surface area contributed by atoms with Crippen molar-refractivity contribution in [3.05, 3.63) is 108 Å². The summed E-state index contributed by atoms with van der Waals surface area (Å²) in [5.41, 5.74) is 5.87. The summed E-state index contributed by atoms with van der Waals surface area (Å²) in [4.78, 5) is 4.28. The smallest absolute Gasteiger partial charge is 0.134 e. The molecule has 3 aromatic rings. The highest BCUT2D eigenvalue weighted by Crippen LogP contribution is 2.34. The van der Waals surface area contributed by atoms with Crippen molar-refractivity contribution in [2.75, 3.05) is 0 Å². The Hall–Kier alpha value is -3.13. The molecule has 2 unspecified atom stereocenters. The predicted octanol–water partition coefficient (Wildman–Crippen LogP) is 7.14. The number of benzene rings is 1. The zero-order valence-electron chi connectivity index (χ0n) is 17.1. The fourth-order valence-electron chi connectivity index (χ4n) is 3.79. The molecule has 0 spiro atoms. The van der Waals surface area contributed by atoms with E-state index in [0.29, 0.717) is 11.8 Å². The van der Waals surface area contributed by atoms with Crippen LogP contribution >= 0.6 is 0 Å². The third-order valence-corrected chi connectivity index (χ3v) is 5.57. The van der Waals surface area contributed by atoms with Gasteiger partial charge in [-0.15, -0.1) is 0 Å². The second-order valence-electron chi connectivity index (χ2n) is 7.88. The molecule has 2 heterocycles. The van der Waals surface area contributed by atoms with Gasteiger partial charge in [0.25, 0.3) is 0 Å². The molecule has 1 aliphatic rings. The molecule has 0 amide bonds. The summed E-state index contributed by atoms with van der Waals surface area (Å²) in [5.74, 6) is 2.77. The Morgan fingerprint density at radius 3 is 2.72 bits per heavy atom. The van der Waals surface area contributed by atoms with Crippen LogP contribution in [0.2, 0.25) is 0 Å². The molecular weight excluding hydrogens is 354 g/mol. The van der Waals surface area contributed by atoms with Gasteiger partial charge in [0, 0.05) is 24.1 Å². The van der Waals surface area contributed by atoms with Gasteiger partial charge in [-0.25, -0.2) is 0 Å². The van der Waals surface area contributed by atoms with Gasteiger partial charge in [-0.3, -0.25) is 4.98 Å². The molecule has 1 aliphatic carbocycles. The molecule has 146 valence electrons. The van der Waals surface area contributed by atoms with E-state index >= 15 is 0 Å². The molecule has 1 aromatic carbocycles. The van der Waals surface area contributed by atoms with Gasteiger partial charge in [-0.1, -0.05) is 61.6 Å². The SMILES string of the molecule is C=Cc1cc(-c2ccc(CC(C3=CCC(C)C=C3)c3ccc(C)cc3)o2)ccn1. The summed E-state index contributed by atoms with van der Waals surface area (Å²) in [6.07, 6.45) is 12.5. The number of furan rings is 1. The van der Waals surface area contributed by atoms with E-state index in [0.717, 1.165) is 35.6 Å². The van der Waals surface area contributed by atoms with Gasteiger partial charge >= 0.3 is 0 Å². The number of hydrogen-bond acceptors (Lipinski definition) is 2. The maximum absolute atomic E-state index is 6.24. The molecule has 2 heteroatoms. The molecule has 29 heavy (non-hydrogen) atoms. The first-order valence-electron chi connectivity index (χ1n) is 10.2. The molecule has 0 N–H and O–H groups in total. The summed E-state index contributed by atoms with van der Waals surface area (Å²) in [7, 11) is 0. The van der Waals surface area contributed by atoms with Crippen molar-refractivity contribution in [1.82, 2.24) is 4.98 Å². The third kappa shape index (κ3) is 4.48. The van der Waals surface area contributed by atoms with E-state index in [1.54, 1.807) is 12.3 Å².